The van der Waals surface area contributed by atoms with Crippen molar-refractivity contribution in [2.24, 2.45) is 0 Å². The molecule has 0 rings (SSSR count). The van der Waals surface area contributed by atoms with Crippen LogP contribution in [-0.4, -0.2) is 11.9 Å². The Morgan fingerprint density at radius 2 is 1.39 bits per heavy atom. The van der Waals surface area contributed by atoms with Crippen LogP contribution < -0.4 is 5.32 Å². The van der Waals surface area contributed by atoms with Crippen LogP contribution in [0.3, 0.4) is 0 Å². The maximum atomic E-state index is 11.5. The van der Waals surface area contributed by atoms with Gasteiger partial charge in [-0.2, -0.15) is 0 Å². The Labute approximate surface area is 144 Å². The average molecular weight is 322 g/mol. The van der Waals surface area contributed by atoms with Gasteiger partial charge < -0.3 is 5.32 Å². The lowest BCUT2D eigenvalue weighted by molar-refractivity contribution is -0.121. The summed E-state index contributed by atoms with van der Waals surface area (Å²) >= 11 is 0. The van der Waals surface area contributed by atoms with Crippen molar-refractivity contribution in [2.45, 2.75) is 104 Å². The minimum absolute atomic E-state index is 0.200. The Hall–Kier alpha value is -1.05. The smallest absolute Gasteiger partial charge is 0.220 e. The maximum absolute atomic E-state index is 11.5. The summed E-state index contributed by atoms with van der Waals surface area (Å²) in [5.74, 6) is 0.200. The average Bonchev–Trinajstić information content (AvgIpc) is 2.50. The van der Waals surface area contributed by atoms with Gasteiger partial charge in [-0.25, -0.2) is 0 Å². The number of hydrogen-bond acceptors (Lipinski definition) is 1. The number of unbranched alkanes of at least 4 members (excludes halogenated alkanes) is 8. The van der Waals surface area contributed by atoms with Crippen LogP contribution in [0.25, 0.3) is 0 Å². The third-order valence-corrected chi connectivity index (χ3v) is 3.80. The second-order valence-electron chi connectivity index (χ2n) is 6.70. The molecule has 1 amide bonds. The molecule has 0 fully saturated rings. The van der Waals surface area contributed by atoms with E-state index in [-0.39, 0.29) is 11.9 Å². The Morgan fingerprint density at radius 3 is 2.00 bits per heavy atom. The van der Waals surface area contributed by atoms with E-state index in [0.717, 1.165) is 12.8 Å². The molecular formula is C21H39NO. The number of allylic oxidation sites excluding steroid dienone is 4. The molecule has 0 aliphatic rings. The number of carbonyl (C=O) groups excluding carboxylic acids is 1. The molecule has 0 unspecified atom stereocenters. The van der Waals surface area contributed by atoms with Crippen molar-refractivity contribution in [3.05, 3.63) is 24.3 Å². The van der Waals surface area contributed by atoms with Gasteiger partial charge in [0, 0.05) is 12.5 Å². The standard InChI is InChI=1S/C21H39NO/c1-4-5-6-7-8-9-10-11-12-13-14-15-16-17-18-19-21(23)22-20(2)3/h8-9,11-12,20H,4-7,10,13-19H2,1-3H3,(H,22,23)/b9-8-,12-11-. The molecule has 0 bridgehead atoms. The third kappa shape index (κ3) is 18.9. The van der Waals surface area contributed by atoms with Crippen LogP contribution in [0.1, 0.15) is 97.8 Å². The van der Waals surface area contributed by atoms with Gasteiger partial charge in [0.05, 0.1) is 0 Å². The molecule has 134 valence electrons. The Balaban J connectivity index is 3.26. The number of carbonyl (C=O) groups is 1. The Morgan fingerprint density at radius 1 is 0.826 bits per heavy atom. The lowest BCUT2D eigenvalue weighted by atomic mass is 10.1. The molecule has 0 aliphatic heterocycles. The summed E-state index contributed by atoms with van der Waals surface area (Å²) in [4.78, 5) is 11.5. The van der Waals surface area contributed by atoms with E-state index >= 15 is 0 Å². The van der Waals surface area contributed by atoms with Crippen LogP contribution in [-0.2, 0) is 4.79 Å². The zero-order valence-corrected chi connectivity index (χ0v) is 15.8. The number of hydrogen-bond donors (Lipinski definition) is 1. The minimum Gasteiger partial charge on any atom is -0.354 e. The predicted molar refractivity (Wildman–Crippen MR) is 103 cm³/mol. The molecule has 0 heterocycles. The second kappa shape index (κ2) is 17.3. The molecule has 2 heteroatoms. The van der Waals surface area contributed by atoms with Crippen molar-refractivity contribution in [3.63, 3.8) is 0 Å². The summed E-state index contributed by atoms with van der Waals surface area (Å²) in [7, 11) is 0. The Kier molecular flexibility index (Phi) is 16.5. The van der Waals surface area contributed by atoms with E-state index in [4.69, 9.17) is 0 Å². The zero-order valence-electron chi connectivity index (χ0n) is 15.8. The molecule has 23 heavy (non-hydrogen) atoms. The molecule has 0 aromatic heterocycles. The SMILES string of the molecule is CCCCC/C=C\C/C=C\CCCCCCCC(=O)NC(C)C. The number of amides is 1. The van der Waals surface area contributed by atoms with Crippen LogP contribution >= 0.6 is 0 Å². The fourth-order valence-electron chi connectivity index (χ4n) is 2.49. The first-order chi connectivity index (χ1) is 11.2. The van der Waals surface area contributed by atoms with Crippen molar-refractivity contribution >= 4 is 5.91 Å². The highest BCUT2D eigenvalue weighted by Gasteiger charge is 2.01. The van der Waals surface area contributed by atoms with Gasteiger partial charge in [-0.1, -0.05) is 63.3 Å². The molecule has 0 saturated heterocycles. The first-order valence-electron chi connectivity index (χ1n) is 9.76. The van der Waals surface area contributed by atoms with Crippen molar-refractivity contribution in [1.29, 1.82) is 0 Å². The summed E-state index contributed by atoms with van der Waals surface area (Å²) in [5.41, 5.74) is 0. The molecule has 0 atom stereocenters. The quantitative estimate of drug-likeness (QED) is 0.277. The fourth-order valence-corrected chi connectivity index (χ4v) is 2.49. The van der Waals surface area contributed by atoms with E-state index < -0.39 is 0 Å². The molecule has 0 aromatic carbocycles. The van der Waals surface area contributed by atoms with E-state index in [2.05, 4.69) is 36.5 Å². The molecule has 1 N–H and O–H groups in total. The Bertz CT molecular complexity index is 318. The van der Waals surface area contributed by atoms with Gasteiger partial charge >= 0.3 is 0 Å². The van der Waals surface area contributed by atoms with Crippen molar-refractivity contribution in [1.82, 2.24) is 5.32 Å². The molecule has 0 aliphatic carbocycles. The predicted octanol–water partition coefficient (Wildman–Crippen LogP) is 6.32. The van der Waals surface area contributed by atoms with Crippen LogP contribution in [0.5, 0.6) is 0 Å². The fraction of sp³-hybridized carbons (Fsp3) is 0.762. The van der Waals surface area contributed by atoms with Crippen molar-refractivity contribution in [2.75, 3.05) is 0 Å². The molecule has 0 radical (unpaired) electrons. The van der Waals surface area contributed by atoms with E-state index in [1.165, 1.54) is 57.8 Å². The summed E-state index contributed by atoms with van der Waals surface area (Å²) in [6.07, 6.45) is 23.4. The topological polar surface area (TPSA) is 29.1 Å². The highest BCUT2D eigenvalue weighted by atomic mass is 16.1. The minimum atomic E-state index is 0.200. The van der Waals surface area contributed by atoms with E-state index in [9.17, 15) is 4.79 Å². The highest BCUT2D eigenvalue weighted by molar-refractivity contribution is 5.76. The number of rotatable bonds is 15. The van der Waals surface area contributed by atoms with Crippen LogP contribution in [0, 0.1) is 0 Å². The van der Waals surface area contributed by atoms with E-state index in [1.807, 2.05) is 13.8 Å². The summed E-state index contributed by atoms with van der Waals surface area (Å²) in [5, 5.41) is 2.94. The first-order valence-corrected chi connectivity index (χ1v) is 9.76. The summed E-state index contributed by atoms with van der Waals surface area (Å²) in [6.45, 7) is 6.26. The van der Waals surface area contributed by atoms with Gasteiger partial charge in [0.25, 0.3) is 0 Å². The monoisotopic (exact) mass is 321 g/mol. The van der Waals surface area contributed by atoms with Gasteiger partial charge in [0.1, 0.15) is 0 Å². The third-order valence-electron chi connectivity index (χ3n) is 3.80. The normalized spacial score (nSPS) is 11.8. The molecule has 0 saturated carbocycles. The molecular weight excluding hydrogens is 282 g/mol. The largest absolute Gasteiger partial charge is 0.354 e. The van der Waals surface area contributed by atoms with Gasteiger partial charge in [0.15, 0.2) is 0 Å². The molecule has 0 aromatic rings. The van der Waals surface area contributed by atoms with Gasteiger partial charge in [-0.15, -0.1) is 0 Å². The first kappa shape index (κ1) is 21.9. The number of nitrogens with one attached hydrogen (secondary N) is 1. The summed E-state index contributed by atoms with van der Waals surface area (Å²) in [6, 6.07) is 0.264. The molecule has 2 nitrogen and oxygen atoms in total. The van der Waals surface area contributed by atoms with Crippen molar-refractivity contribution in [3.8, 4) is 0 Å². The van der Waals surface area contributed by atoms with Crippen LogP contribution in [0.15, 0.2) is 24.3 Å². The highest BCUT2D eigenvalue weighted by Crippen LogP contribution is 2.08. The summed E-state index contributed by atoms with van der Waals surface area (Å²) < 4.78 is 0. The lowest BCUT2D eigenvalue weighted by Crippen LogP contribution is -2.29. The second-order valence-corrected chi connectivity index (χ2v) is 6.70. The molecule has 0 spiro atoms. The van der Waals surface area contributed by atoms with E-state index in [1.54, 1.807) is 0 Å². The van der Waals surface area contributed by atoms with Gasteiger partial charge in [-0.05, 0) is 52.4 Å². The zero-order chi connectivity index (χ0) is 17.2. The van der Waals surface area contributed by atoms with Crippen molar-refractivity contribution < 1.29 is 4.79 Å². The van der Waals surface area contributed by atoms with Crippen LogP contribution in [0.4, 0.5) is 0 Å². The maximum Gasteiger partial charge on any atom is 0.220 e. The van der Waals surface area contributed by atoms with Gasteiger partial charge in [0.2, 0.25) is 5.91 Å². The lowest BCUT2D eigenvalue weighted by Gasteiger charge is -2.07. The van der Waals surface area contributed by atoms with Crippen LogP contribution in [0.2, 0.25) is 0 Å². The van der Waals surface area contributed by atoms with Gasteiger partial charge in [-0.3, -0.25) is 4.79 Å². The van der Waals surface area contributed by atoms with E-state index in [0.29, 0.717) is 6.42 Å².